The minimum atomic E-state index is -0.100. The van der Waals surface area contributed by atoms with E-state index in [9.17, 15) is 14.4 Å². The van der Waals surface area contributed by atoms with E-state index < -0.39 is 0 Å². The Labute approximate surface area is 201 Å². The summed E-state index contributed by atoms with van der Waals surface area (Å²) >= 11 is 0. The molecule has 4 rings (SSSR count). The fourth-order valence-electron chi connectivity index (χ4n) is 5.19. The van der Waals surface area contributed by atoms with Crippen LogP contribution in [0.15, 0.2) is 0 Å². The average Bonchev–Trinajstić information content (AvgIpc) is 3.19. The molecule has 0 radical (unpaired) electrons. The molecule has 0 spiro atoms. The van der Waals surface area contributed by atoms with E-state index >= 15 is 0 Å². The zero-order chi connectivity index (χ0) is 24.1. The number of ether oxygens (including phenoxy) is 1. The van der Waals surface area contributed by atoms with Crippen molar-refractivity contribution in [3.8, 4) is 0 Å². The van der Waals surface area contributed by atoms with Crippen molar-refractivity contribution < 1.29 is 19.1 Å². The predicted octanol–water partition coefficient (Wildman–Crippen LogP) is 0.548. The molecule has 1 aromatic heterocycles. The number of rotatable bonds is 7. The Balaban J connectivity index is 1.26. The second-order valence-electron chi connectivity index (χ2n) is 9.60. The number of hydrogen-bond donors (Lipinski definition) is 1. The lowest BCUT2D eigenvalue weighted by Gasteiger charge is -2.33. The number of aromatic nitrogens is 2. The predicted molar refractivity (Wildman–Crippen MR) is 126 cm³/mol. The average molecular weight is 475 g/mol. The Morgan fingerprint density at radius 3 is 2.62 bits per heavy atom. The van der Waals surface area contributed by atoms with Gasteiger partial charge in [-0.25, -0.2) is 0 Å². The van der Waals surface area contributed by atoms with E-state index in [-0.39, 0.29) is 30.6 Å². The third kappa shape index (κ3) is 5.78. The van der Waals surface area contributed by atoms with Gasteiger partial charge in [-0.3, -0.25) is 24.0 Å². The molecule has 3 amide bonds. The molecule has 0 aliphatic carbocycles. The van der Waals surface area contributed by atoms with Crippen molar-refractivity contribution in [2.45, 2.75) is 58.0 Å². The molecule has 1 atom stereocenters. The number of hydrogen-bond acceptors (Lipinski definition) is 6. The number of nitrogens with zero attached hydrogens (tertiary/aromatic N) is 5. The first-order valence-corrected chi connectivity index (χ1v) is 12.6. The Kier molecular flexibility index (Phi) is 8.20. The number of piperidine rings is 1. The van der Waals surface area contributed by atoms with Crippen molar-refractivity contribution in [3.05, 3.63) is 17.0 Å². The molecule has 2 fully saturated rings. The summed E-state index contributed by atoms with van der Waals surface area (Å²) in [5.74, 6) is -0.240. The SMILES string of the molecule is C[C@@H]1CCCCN1CCNC(=O)CCC(=O)N1CCc2c(c(C(=O)N3CCOCC3)nn2C)C1. The van der Waals surface area contributed by atoms with Crippen LogP contribution in [0.4, 0.5) is 0 Å². The molecule has 34 heavy (non-hydrogen) atoms. The molecule has 2 saturated heterocycles. The van der Waals surface area contributed by atoms with E-state index in [1.54, 1.807) is 14.5 Å². The summed E-state index contributed by atoms with van der Waals surface area (Å²) in [7, 11) is 1.85. The van der Waals surface area contributed by atoms with Gasteiger partial charge in [-0.05, 0) is 26.3 Å². The molecule has 10 heteroatoms. The van der Waals surface area contributed by atoms with Crippen LogP contribution in [-0.4, -0.2) is 101 Å². The van der Waals surface area contributed by atoms with Crippen LogP contribution in [0.3, 0.4) is 0 Å². The number of morpholine rings is 1. The first-order valence-electron chi connectivity index (χ1n) is 12.6. The standard InChI is InChI=1S/C24H38N6O4/c1-18-5-3-4-10-28(18)12-9-25-21(31)6-7-22(32)30-11-8-20-19(17-30)23(26-27(20)2)24(33)29-13-15-34-16-14-29/h18H,3-17H2,1-2H3,(H,25,31)/t18-/m1/s1. The molecule has 0 bridgehead atoms. The molecule has 1 N–H and O–H groups in total. The Morgan fingerprint density at radius 1 is 1.06 bits per heavy atom. The van der Waals surface area contributed by atoms with Gasteiger partial charge in [0.1, 0.15) is 0 Å². The molecule has 1 aromatic rings. The van der Waals surface area contributed by atoms with Crippen molar-refractivity contribution in [3.63, 3.8) is 0 Å². The number of fused-ring (bicyclic) bond motifs is 1. The summed E-state index contributed by atoms with van der Waals surface area (Å²) in [5, 5.41) is 7.45. The second kappa shape index (κ2) is 11.3. The highest BCUT2D eigenvalue weighted by Crippen LogP contribution is 2.24. The molecule has 3 aliphatic heterocycles. The number of carbonyl (C=O) groups is 3. The monoisotopic (exact) mass is 474 g/mol. The summed E-state index contributed by atoms with van der Waals surface area (Å²) in [6, 6.07) is 0.573. The van der Waals surface area contributed by atoms with Crippen LogP contribution < -0.4 is 5.32 Å². The summed E-state index contributed by atoms with van der Waals surface area (Å²) in [5.41, 5.74) is 2.27. The quantitative estimate of drug-likeness (QED) is 0.620. The lowest BCUT2D eigenvalue weighted by atomic mass is 10.0. The molecule has 10 nitrogen and oxygen atoms in total. The van der Waals surface area contributed by atoms with E-state index in [1.165, 1.54) is 19.3 Å². The van der Waals surface area contributed by atoms with Gasteiger partial charge in [0.25, 0.3) is 5.91 Å². The highest BCUT2D eigenvalue weighted by atomic mass is 16.5. The molecule has 188 valence electrons. The van der Waals surface area contributed by atoms with Crippen LogP contribution in [-0.2, 0) is 34.3 Å². The van der Waals surface area contributed by atoms with Gasteiger partial charge in [-0.1, -0.05) is 6.42 Å². The zero-order valence-electron chi connectivity index (χ0n) is 20.6. The number of nitrogens with one attached hydrogen (secondary N) is 1. The normalized spacial score (nSPS) is 21.3. The van der Waals surface area contributed by atoms with Crippen LogP contribution in [0.25, 0.3) is 0 Å². The molecule has 0 saturated carbocycles. The first-order chi connectivity index (χ1) is 16.4. The molecule has 0 unspecified atom stereocenters. The van der Waals surface area contributed by atoms with Crippen molar-refractivity contribution >= 4 is 17.7 Å². The third-order valence-electron chi connectivity index (χ3n) is 7.32. The third-order valence-corrected chi connectivity index (χ3v) is 7.32. The van der Waals surface area contributed by atoms with Gasteiger partial charge in [0.2, 0.25) is 11.8 Å². The molecule has 3 aliphatic rings. The highest BCUT2D eigenvalue weighted by molar-refractivity contribution is 5.94. The van der Waals surface area contributed by atoms with Crippen molar-refractivity contribution in [2.75, 3.05) is 52.5 Å². The van der Waals surface area contributed by atoms with Crippen molar-refractivity contribution in [1.29, 1.82) is 0 Å². The molecule has 4 heterocycles. The van der Waals surface area contributed by atoms with Crippen LogP contribution in [0, 0.1) is 0 Å². The first kappa shape index (κ1) is 24.7. The number of carbonyl (C=O) groups excluding carboxylic acids is 3. The molecular formula is C24H38N6O4. The van der Waals surface area contributed by atoms with Crippen LogP contribution in [0.2, 0.25) is 0 Å². The van der Waals surface area contributed by atoms with Gasteiger partial charge in [0, 0.05) is 82.9 Å². The Morgan fingerprint density at radius 2 is 1.85 bits per heavy atom. The minimum absolute atomic E-state index is 0.0564. The van der Waals surface area contributed by atoms with E-state index in [2.05, 4.69) is 22.2 Å². The largest absolute Gasteiger partial charge is 0.378 e. The Bertz CT molecular complexity index is 894. The topological polar surface area (TPSA) is 100 Å². The van der Waals surface area contributed by atoms with E-state index in [0.29, 0.717) is 64.1 Å². The second-order valence-corrected chi connectivity index (χ2v) is 9.60. The van der Waals surface area contributed by atoms with E-state index in [4.69, 9.17) is 4.74 Å². The van der Waals surface area contributed by atoms with Crippen LogP contribution >= 0.6 is 0 Å². The van der Waals surface area contributed by atoms with Gasteiger partial charge in [-0.2, -0.15) is 5.10 Å². The van der Waals surface area contributed by atoms with Crippen molar-refractivity contribution in [2.24, 2.45) is 7.05 Å². The van der Waals surface area contributed by atoms with Crippen LogP contribution in [0.1, 0.15) is 60.8 Å². The van der Waals surface area contributed by atoms with Gasteiger partial charge >= 0.3 is 0 Å². The van der Waals surface area contributed by atoms with E-state index in [0.717, 1.165) is 24.3 Å². The minimum Gasteiger partial charge on any atom is -0.378 e. The molecule has 0 aromatic carbocycles. The van der Waals surface area contributed by atoms with Gasteiger partial charge in [-0.15, -0.1) is 0 Å². The lowest BCUT2D eigenvalue weighted by molar-refractivity contribution is -0.134. The van der Waals surface area contributed by atoms with Gasteiger partial charge < -0.3 is 19.9 Å². The summed E-state index contributed by atoms with van der Waals surface area (Å²) in [6.45, 7) is 7.92. The smallest absolute Gasteiger partial charge is 0.274 e. The summed E-state index contributed by atoms with van der Waals surface area (Å²) < 4.78 is 7.12. The maximum atomic E-state index is 13.0. The Hall–Kier alpha value is -2.46. The fraction of sp³-hybridized carbons (Fsp3) is 0.750. The maximum Gasteiger partial charge on any atom is 0.274 e. The van der Waals surface area contributed by atoms with Crippen LogP contribution in [0.5, 0.6) is 0 Å². The van der Waals surface area contributed by atoms with Gasteiger partial charge in [0.05, 0.1) is 13.2 Å². The summed E-state index contributed by atoms with van der Waals surface area (Å²) in [6.07, 6.45) is 4.74. The van der Waals surface area contributed by atoms with Crippen molar-refractivity contribution in [1.82, 2.24) is 29.8 Å². The fourth-order valence-corrected chi connectivity index (χ4v) is 5.19. The summed E-state index contributed by atoms with van der Waals surface area (Å²) in [4.78, 5) is 44.1. The van der Waals surface area contributed by atoms with Gasteiger partial charge in [0.15, 0.2) is 5.69 Å². The lowest BCUT2D eigenvalue weighted by Crippen LogP contribution is -2.43. The number of likely N-dealkylation sites (tertiary alicyclic amines) is 1. The van der Waals surface area contributed by atoms with E-state index in [1.807, 2.05) is 7.05 Å². The molecular weight excluding hydrogens is 436 g/mol. The zero-order valence-corrected chi connectivity index (χ0v) is 20.6. The highest BCUT2D eigenvalue weighted by Gasteiger charge is 2.31. The maximum absolute atomic E-state index is 13.0. The number of amides is 3. The number of aryl methyl sites for hydroxylation is 1.